The van der Waals surface area contributed by atoms with Crippen molar-refractivity contribution in [3.8, 4) is 0 Å². The zero-order chi connectivity index (χ0) is 20.1. The maximum atomic E-state index is 13.0. The van der Waals surface area contributed by atoms with Crippen LogP contribution in [0.3, 0.4) is 0 Å². The second-order valence-electron chi connectivity index (χ2n) is 7.95. The summed E-state index contributed by atoms with van der Waals surface area (Å²) in [6.07, 6.45) is 0. The third-order valence-electron chi connectivity index (χ3n) is 3.71. The van der Waals surface area contributed by atoms with Crippen molar-refractivity contribution in [2.75, 3.05) is 33.7 Å². The molecule has 26 heavy (non-hydrogen) atoms. The summed E-state index contributed by atoms with van der Waals surface area (Å²) in [6, 6.07) is 6.83. The first-order valence-corrected chi connectivity index (χ1v) is 10.2. The second kappa shape index (κ2) is 8.97. The van der Waals surface area contributed by atoms with Gasteiger partial charge in [0, 0.05) is 13.1 Å². The molecule has 6 nitrogen and oxygen atoms in total. The Bertz CT molecular complexity index is 689. The molecule has 0 radical (unpaired) electrons. The lowest BCUT2D eigenvalue weighted by Crippen LogP contribution is -2.41. The van der Waals surface area contributed by atoms with Gasteiger partial charge in [0.05, 0.1) is 4.90 Å². The van der Waals surface area contributed by atoms with Crippen molar-refractivity contribution in [2.24, 2.45) is 0 Å². The molecule has 0 aromatic heterocycles. The Kier molecular flexibility index (Phi) is 7.80. The largest absolute Gasteiger partial charge is 0.459 e. The van der Waals surface area contributed by atoms with E-state index < -0.39 is 21.6 Å². The fraction of sp³-hybridized carbons (Fsp3) is 0.632. The maximum absolute atomic E-state index is 13.0. The molecule has 0 heterocycles. The smallest absolute Gasteiger partial charge is 0.321 e. The van der Waals surface area contributed by atoms with Crippen molar-refractivity contribution in [2.45, 2.75) is 51.0 Å². The number of esters is 1. The lowest BCUT2D eigenvalue weighted by molar-refractivity contribution is -0.155. The third kappa shape index (κ3) is 7.05. The number of likely N-dealkylation sites (N-methyl/N-ethyl adjacent to an activating group) is 1. The average molecular weight is 385 g/mol. The molecule has 0 N–H and O–H groups in total. The van der Waals surface area contributed by atoms with Gasteiger partial charge < -0.3 is 9.64 Å². The summed E-state index contributed by atoms with van der Waals surface area (Å²) >= 11 is 0. The molecule has 0 amide bonds. The molecule has 0 aliphatic heterocycles. The fourth-order valence-corrected chi connectivity index (χ4v) is 3.66. The quantitative estimate of drug-likeness (QED) is 0.645. The molecule has 0 bridgehead atoms. The molecule has 0 saturated carbocycles. The Morgan fingerprint density at radius 1 is 1.08 bits per heavy atom. The maximum Gasteiger partial charge on any atom is 0.321 e. The number of ether oxygens (including phenoxy) is 1. The summed E-state index contributed by atoms with van der Waals surface area (Å²) < 4.78 is 32.5. The molecule has 0 atom stereocenters. The molecule has 0 unspecified atom stereocenters. The van der Waals surface area contributed by atoms with E-state index in [0.717, 1.165) is 5.56 Å². The molecule has 0 spiro atoms. The van der Waals surface area contributed by atoms with Crippen molar-refractivity contribution in [1.29, 1.82) is 0 Å². The minimum absolute atomic E-state index is 0.184. The van der Waals surface area contributed by atoms with Gasteiger partial charge in [-0.2, -0.15) is 4.31 Å². The highest BCUT2D eigenvalue weighted by atomic mass is 32.2. The van der Waals surface area contributed by atoms with Gasteiger partial charge in [-0.1, -0.05) is 26.0 Å². The minimum Gasteiger partial charge on any atom is -0.459 e. The van der Waals surface area contributed by atoms with Gasteiger partial charge in [0.2, 0.25) is 10.0 Å². The van der Waals surface area contributed by atoms with E-state index in [9.17, 15) is 13.2 Å². The van der Waals surface area contributed by atoms with Crippen LogP contribution in [-0.2, 0) is 19.6 Å². The van der Waals surface area contributed by atoms with Crippen LogP contribution in [0.25, 0.3) is 0 Å². The molecule has 1 rings (SSSR count). The van der Waals surface area contributed by atoms with E-state index in [-0.39, 0.29) is 18.0 Å². The minimum atomic E-state index is -3.78. The van der Waals surface area contributed by atoms with Crippen molar-refractivity contribution in [3.63, 3.8) is 0 Å². The predicted molar refractivity (Wildman–Crippen MR) is 104 cm³/mol. The molecule has 0 saturated heterocycles. The van der Waals surface area contributed by atoms with Crippen LogP contribution in [0.5, 0.6) is 0 Å². The molecular formula is C19H32N2O4S. The number of rotatable bonds is 8. The Morgan fingerprint density at radius 3 is 2.04 bits per heavy atom. The number of sulfonamides is 1. The van der Waals surface area contributed by atoms with Crippen LogP contribution in [0, 0.1) is 0 Å². The molecular weight excluding hydrogens is 352 g/mol. The molecule has 0 aliphatic carbocycles. The lowest BCUT2D eigenvalue weighted by atomic mass is 10.0. The second-order valence-corrected chi connectivity index (χ2v) is 9.89. The van der Waals surface area contributed by atoms with Gasteiger partial charge in [0.15, 0.2) is 0 Å². The number of carbonyl (C=O) groups is 1. The van der Waals surface area contributed by atoms with Gasteiger partial charge >= 0.3 is 5.97 Å². The van der Waals surface area contributed by atoms with Gasteiger partial charge in [-0.3, -0.25) is 4.79 Å². The van der Waals surface area contributed by atoms with E-state index in [1.807, 2.05) is 31.1 Å². The summed E-state index contributed by atoms with van der Waals surface area (Å²) in [4.78, 5) is 14.3. The van der Waals surface area contributed by atoms with Crippen molar-refractivity contribution in [3.05, 3.63) is 29.8 Å². The molecule has 7 heteroatoms. The first-order chi connectivity index (χ1) is 11.8. The van der Waals surface area contributed by atoms with Crippen LogP contribution < -0.4 is 0 Å². The van der Waals surface area contributed by atoms with Gasteiger partial charge in [0.1, 0.15) is 12.1 Å². The first kappa shape index (κ1) is 22.6. The monoisotopic (exact) mass is 384 g/mol. The summed E-state index contributed by atoms with van der Waals surface area (Å²) in [6.45, 7) is 9.79. The highest BCUT2D eigenvalue weighted by molar-refractivity contribution is 7.89. The normalized spacial score (nSPS) is 12.8. The van der Waals surface area contributed by atoms with Crippen LogP contribution in [0.1, 0.15) is 46.1 Å². The predicted octanol–water partition coefficient (Wildman–Crippen LogP) is 2.70. The summed E-state index contributed by atoms with van der Waals surface area (Å²) in [5, 5.41) is 0. The molecule has 1 aromatic rings. The number of nitrogens with zero attached hydrogens (tertiary/aromatic N) is 2. The van der Waals surface area contributed by atoms with Crippen molar-refractivity contribution >= 4 is 16.0 Å². The molecule has 0 aliphatic rings. The number of hydrogen-bond donors (Lipinski definition) is 0. The van der Waals surface area contributed by atoms with Crippen LogP contribution in [0.2, 0.25) is 0 Å². The van der Waals surface area contributed by atoms with Gasteiger partial charge in [-0.05, 0) is 58.5 Å². The summed E-state index contributed by atoms with van der Waals surface area (Å²) in [7, 11) is -0.0703. The number of carbonyl (C=O) groups excluding carboxylic acids is 1. The van der Waals surface area contributed by atoms with Crippen LogP contribution in [-0.4, -0.2) is 62.9 Å². The zero-order valence-corrected chi connectivity index (χ0v) is 17.8. The lowest BCUT2D eigenvalue weighted by Gasteiger charge is -2.26. The topological polar surface area (TPSA) is 66.9 Å². The van der Waals surface area contributed by atoms with E-state index in [0.29, 0.717) is 12.5 Å². The highest BCUT2D eigenvalue weighted by Crippen LogP contribution is 2.20. The first-order valence-electron chi connectivity index (χ1n) is 8.79. The van der Waals surface area contributed by atoms with Gasteiger partial charge in [-0.25, -0.2) is 8.42 Å². The summed E-state index contributed by atoms with van der Waals surface area (Å²) in [5.41, 5.74) is 0.406. The Labute approximate surface area is 158 Å². The van der Waals surface area contributed by atoms with Crippen LogP contribution in [0.4, 0.5) is 0 Å². The number of benzene rings is 1. The Hall–Kier alpha value is -1.44. The highest BCUT2D eigenvalue weighted by Gasteiger charge is 2.28. The van der Waals surface area contributed by atoms with E-state index in [4.69, 9.17) is 4.74 Å². The van der Waals surface area contributed by atoms with E-state index in [2.05, 4.69) is 13.8 Å². The standard InChI is InChI=1S/C19H32N2O4S/c1-15(2)16-8-10-17(11-9-16)26(23,24)21(13-12-20(6)7)14-18(22)25-19(3,4)5/h8-11,15H,12-14H2,1-7H3. The molecule has 148 valence electrons. The van der Waals surface area contributed by atoms with E-state index >= 15 is 0 Å². The molecule has 1 aromatic carbocycles. The zero-order valence-electron chi connectivity index (χ0n) is 16.9. The third-order valence-corrected chi connectivity index (χ3v) is 5.57. The SMILES string of the molecule is CC(C)c1ccc(S(=O)(=O)N(CCN(C)C)CC(=O)OC(C)(C)C)cc1. The summed E-state index contributed by atoms with van der Waals surface area (Å²) in [5.74, 6) is -0.239. The van der Waals surface area contributed by atoms with Crippen LogP contribution >= 0.6 is 0 Å². The van der Waals surface area contributed by atoms with Crippen molar-refractivity contribution < 1.29 is 17.9 Å². The van der Waals surface area contributed by atoms with E-state index in [1.54, 1.807) is 32.9 Å². The Morgan fingerprint density at radius 2 is 1.62 bits per heavy atom. The van der Waals surface area contributed by atoms with Crippen molar-refractivity contribution in [1.82, 2.24) is 9.21 Å². The van der Waals surface area contributed by atoms with Crippen LogP contribution in [0.15, 0.2) is 29.2 Å². The van der Waals surface area contributed by atoms with Gasteiger partial charge in [0.25, 0.3) is 0 Å². The Balaban J connectivity index is 3.08. The van der Waals surface area contributed by atoms with Gasteiger partial charge in [-0.15, -0.1) is 0 Å². The fourth-order valence-electron chi connectivity index (χ4n) is 2.29. The van der Waals surface area contributed by atoms with E-state index in [1.165, 1.54) is 4.31 Å². The molecule has 0 fully saturated rings. The number of hydrogen-bond acceptors (Lipinski definition) is 5. The average Bonchev–Trinajstić information content (AvgIpc) is 2.49.